The molecule has 0 spiro atoms. The highest BCUT2D eigenvalue weighted by Crippen LogP contribution is 2.32. The second-order valence-electron chi connectivity index (χ2n) is 6.78. The van der Waals surface area contributed by atoms with E-state index < -0.39 is 5.54 Å². The number of halogens is 1. The second kappa shape index (κ2) is 8.08. The van der Waals surface area contributed by atoms with Crippen LogP contribution in [0.3, 0.4) is 0 Å². The zero-order chi connectivity index (χ0) is 21.3. The molecule has 9 heteroatoms. The molecule has 2 aromatic carbocycles. The number of aliphatic hydroxyl groups is 2. The molecule has 0 aliphatic rings. The molecule has 2 heterocycles. The molecular formula is C21H20ClN3O5. The molecular weight excluding hydrogens is 410 g/mol. The third-order valence-electron chi connectivity index (χ3n) is 5.09. The van der Waals surface area contributed by atoms with E-state index in [9.17, 15) is 10.2 Å². The smallest absolute Gasteiger partial charge is 0.258 e. The Bertz CT molecular complexity index is 1170. The van der Waals surface area contributed by atoms with Gasteiger partial charge in [0.2, 0.25) is 5.82 Å². The highest BCUT2D eigenvalue weighted by atomic mass is 35.5. The lowest BCUT2D eigenvalue weighted by Gasteiger charge is -2.26. The van der Waals surface area contributed by atoms with Gasteiger partial charge < -0.3 is 29.2 Å². The number of likely N-dealkylation sites (N-methyl/N-ethyl adjacent to an activating group) is 1. The molecule has 0 bridgehead atoms. The molecule has 30 heavy (non-hydrogen) atoms. The van der Waals surface area contributed by atoms with Crippen molar-refractivity contribution >= 4 is 22.6 Å². The minimum atomic E-state index is -1.06. The van der Waals surface area contributed by atoms with Crippen LogP contribution in [0, 0.1) is 0 Å². The normalized spacial score (nSPS) is 11.9. The zero-order valence-corrected chi connectivity index (χ0v) is 17.1. The first-order valence-electron chi connectivity index (χ1n) is 9.16. The first kappa shape index (κ1) is 20.4. The number of methoxy groups -OCH3 is 1. The lowest BCUT2D eigenvalue weighted by atomic mass is 9.98. The van der Waals surface area contributed by atoms with E-state index in [4.69, 9.17) is 25.3 Å². The fraction of sp³-hybridized carbons (Fsp3) is 0.238. The number of fused-ring (bicyclic) bond motifs is 1. The Morgan fingerprint density at radius 1 is 1.10 bits per heavy atom. The maximum absolute atomic E-state index is 9.72. The lowest BCUT2D eigenvalue weighted by molar-refractivity contribution is 0.0804. The van der Waals surface area contributed by atoms with E-state index in [1.165, 1.54) is 0 Å². The molecule has 0 fully saturated rings. The minimum absolute atomic E-state index is 0.314. The molecule has 0 aliphatic heterocycles. The molecule has 0 aliphatic carbocycles. The van der Waals surface area contributed by atoms with Gasteiger partial charge >= 0.3 is 0 Å². The topological polar surface area (TPSA) is 114 Å². The maximum atomic E-state index is 9.72. The average Bonchev–Trinajstić information content (AvgIpc) is 3.42. The van der Waals surface area contributed by atoms with Gasteiger partial charge in [0.1, 0.15) is 22.6 Å². The van der Waals surface area contributed by atoms with E-state index >= 15 is 0 Å². The number of hydrogen-bond donors (Lipinski definition) is 3. The number of furan rings is 1. The summed E-state index contributed by atoms with van der Waals surface area (Å²) in [6.45, 7) is -0.628. The largest absolute Gasteiger partial charge is 0.495 e. The second-order valence-corrected chi connectivity index (χ2v) is 7.19. The fourth-order valence-electron chi connectivity index (χ4n) is 3.16. The number of nitrogens with one attached hydrogen (secondary N) is 1. The predicted molar refractivity (Wildman–Crippen MR) is 111 cm³/mol. The van der Waals surface area contributed by atoms with Crippen LogP contribution in [0.1, 0.15) is 5.76 Å². The van der Waals surface area contributed by atoms with Crippen molar-refractivity contribution in [2.24, 2.45) is 0 Å². The zero-order valence-electron chi connectivity index (χ0n) is 16.3. The van der Waals surface area contributed by atoms with Crippen LogP contribution in [0.15, 0.2) is 51.4 Å². The highest BCUT2D eigenvalue weighted by molar-refractivity contribution is 6.32. The summed E-state index contributed by atoms with van der Waals surface area (Å²) in [5, 5.41) is 27.6. The number of aliphatic hydroxyl groups excluding tert-OH is 2. The summed E-state index contributed by atoms with van der Waals surface area (Å²) in [6.07, 6.45) is 0. The standard InChI is InChI=1S/C21H20ClN3O5/c1-23-21(10-26,11-27)18-9-14-7-12(3-5-16(14)29-18)19-24-20(30-25-19)13-4-6-17(28-2)15(22)8-13/h3-9,23,26-27H,10-11H2,1-2H3. The van der Waals surface area contributed by atoms with E-state index in [0.717, 1.165) is 10.9 Å². The van der Waals surface area contributed by atoms with Crippen LogP contribution in [0.25, 0.3) is 33.8 Å². The number of rotatable bonds is 7. The summed E-state index contributed by atoms with van der Waals surface area (Å²) >= 11 is 6.18. The molecule has 0 radical (unpaired) electrons. The Kier molecular flexibility index (Phi) is 5.48. The van der Waals surface area contributed by atoms with Gasteiger partial charge in [-0.05, 0) is 49.5 Å². The molecule has 4 rings (SSSR count). The van der Waals surface area contributed by atoms with Crippen molar-refractivity contribution in [2.45, 2.75) is 5.54 Å². The van der Waals surface area contributed by atoms with Gasteiger partial charge in [0.15, 0.2) is 0 Å². The Balaban J connectivity index is 1.68. The predicted octanol–water partition coefficient (Wildman–Crippen LogP) is 3.21. The number of aromatic nitrogens is 2. The SMILES string of the molecule is CNC(CO)(CO)c1cc2cc(-c3noc(-c4ccc(OC)c(Cl)c4)n3)ccc2o1. The number of hydrogen-bond acceptors (Lipinski definition) is 8. The molecule has 0 saturated heterocycles. The Hall–Kier alpha value is -2.91. The first-order valence-corrected chi connectivity index (χ1v) is 9.54. The van der Waals surface area contributed by atoms with Gasteiger partial charge in [0, 0.05) is 16.5 Å². The summed E-state index contributed by atoms with van der Waals surface area (Å²) in [6, 6.07) is 12.4. The lowest BCUT2D eigenvalue weighted by Crippen LogP contribution is -2.46. The van der Waals surface area contributed by atoms with Crippen molar-refractivity contribution in [3.05, 3.63) is 53.2 Å². The van der Waals surface area contributed by atoms with Crippen LogP contribution in [0.2, 0.25) is 5.02 Å². The van der Waals surface area contributed by atoms with Crippen LogP contribution >= 0.6 is 11.6 Å². The van der Waals surface area contributed by atoms with E-state index in [2.05, 4.69) is 15.5 Å². The quantitative estimate of drug-likeness (QED) is 0.410. The summed E-state index contributed by atoms with van der Waals surface area (Å²) < 4.78 is 16.4. The third-order valence-corrected chi connectivity index (χ3v) is 5.38. The van der Waals surface area contributed by atoms with E-state index in [-0.39, 0.29) is 13.2 Å². The van der Waals surface area contributed by atoms with Gasteiger partial charge in [-0.2, -0.15) is 4.98 Å². The van der Waals surface area contributed by atoms with Gasteiger partial charge in [0.25, 0.3) is 5.89 Å². The van der Waals surface area contributed by atoms with Crippen molar-refractivity contribution < 1.29 is 23.9 Å². The minimum Gasteiger partial charge on any atom is -0.495 e. The van der Waals surface area contributed by atoms with Crippen molar-refractivity contribution in [3.8, 4) is 28.6 Å². The Morgan fingerprint density at radius 2 is 1.87 bits per heavy atom. The van der Waals surface area contributed by atoms with E-state index in [0.29, 0.717) is 39.4 Å². The van der Waals surface area contributed by atoms with Crippen LogP contribution in [-0.2, 0) is 5.54 Å². The van der Waals surface area contributed by atoms with Crippen LogP contribution < -0.4 is 10.1 Å². The molecule has 0 unspecified atom stereocenters. The molecule has 4 aromatic rings. The fourth-order valence-corrected chi connectivity index (χ4v) is 3.42. The molecule has 3 N–H and O–H groups in total. The molecule has 0 saturated carbocycles. The van der Waals surface area contributed by atoms with Gasteiger partial charge in [0.05, 0.1) is 25.3 Å². The first-order chi connectivity index (χ1) is 14.5. The third kappa shape index (κ3) is 3.44. The summed E-state index contributed by atoms with van der Waals surface area (Å²) in [5.74, 6) is 1.73. The molecule has 2 aromatic heterocycles. The average molecular weight is 430 g/mol. The Labute approximate surface area is 177 Å². The monoisotopic (exact) mass is 429 g/mol. The van der Waals surface area contributed by atoms with Crippen molar-refractivity contribution in [1.82, 2.24) is 15.5 Å². The van der Waals surface area contributed by atoms with E-state index in [1.807, 2.05) is 12.1 Å². The Morgan fingerprint density at radius 3 is 2.53 bits per heavy atom. The van der Waals surface area contributed by atoms with Crippen molar-refractivity contribution in [2.75, 3.05) is 27.4 Å². The number of benzene rings is 2. The van der Waals surface area contributed by atoms with Crippen LogP contribution in [0.4, 0.5) is 0 Å². The van der Waals surface area contributed by atoms with Crippen LogP contribution in [0.5, 0.6) is 5.75 Å². The summed E-state index contributed by atoms with van der Waals surface area (Å²) in [4.78, 5) is 4.46. The van der Waals surface area contributed by atoms with Crippen molar-refractivity contribution in [3.63, 3.8) is 0 Å². The molecule has 0 amide bonds. The summed E-state index contributed by atoms with van der Waals surface area (Å²) in [7, 11) is 3.20. The maximum Gasteiger partial charge on any atom is 0.258 e. The van der Waals surface area contributed by atoms with Crippen molar-refractivity contribution in [1.29, 1.82) is 0 Å². The molecule has 156 valence electrons. The molecule has 8 nitrogen and oxygen atoms in total. The van der Waals surface area contributed by atoms with Gasteiger partial charge in [-0.15, -0.1) is 0 Å². The number of ether oxygens (including phenoxy) is 1. The number of nitrogens with zero attached hydrogens (tertiary/aromatic N) is 2. The van der Waals surface area contributed by atoms with Gasteiger partial charge in [-0.25, -0.2) is 0 Å². The molecule has 0 atom stereocenters. The van der Waals surface area contributed by atoms with Gasteiger partial charge in [-0.3, -0.25) is 0 Å². The summed E-state index contributed by atoms with van der Waals surface area (Å²) in [5.41, 5.74) is 0.955. The van der Waals surface area contributed by atoms with Gasteiger partial charge in [-0.1, -0.05) is 16.8 Å². The van der Waals surface area contributed by atoms with E-state index in [1.54, 1.807) is 44.5 Å². The highest BCUT2D eigenvalue weighted by Gasteiger charge is 2.33. The van der Waals surface area contributed by atoms with Crippen LogP contribution in [-0.4, -0.2) is 47.7 Å².